The molecule has 0 unspecified atom stereocenters. The number of rotatable bonds is 6. The van der Waals surface area contributed by atoms with Crippen LogP contribution in [0.5, 0.6) is 11.5 Å². The van der Waals surface area contributed by atoms with Crippen LogP contribution < -0.4 is 9.47 Å². The first-order chi connectivity index (χ1) is 8.85. The quantitative estimate of drug-likeness (QED) is 0.341. The van der Waals surface area contributed by atoms with E-state index in [0.29, 0.717) is 22.5 Å². The van der Waals surface area contributed by atoms with Crippen molar-refractivity contribution in [3.8, 4) is 11.5 Å². The smallest absolute Gasteiger partial charge is 0.367 e. The van der Waals surface area contributed by atoms with E-state index in [-0.39, 0.29) is 5.97 Å². The van der Waals surface area contributed by atoms with Gasteiger partial charge in [-0.2, -0.15) is 0 Å². The van der Waals surface area contributed by atoms with Crippen molar-refractivity contribution in [3.05, 3.63) is 36.4 Å². The molecule has 0 aliphatic carbocycles. The SMILES string of the molecule is C=CCc1ccc(OC(=O)C[N+](C)(C)C)c(OC)c1. The van der Waals surface area contributed by atoms with E-state index in [4.69, 9.17) is 9.47 Å². The Bertz CT molecular complexity index is 461. The summed E-state index contributed by atoms with van der Waals surface area (Å²) in [6.07, 6.45) is 2.57. The van der Waals surface area contributed by atoms with Crippen molar-refractivity contribution in [1.82, 2.24) is 0 Å². The van der Waals surface area contributed by atoms with E-state index in [1.54, 1.807) is 13.2 Å². The Hall–Kier alpha value is -1.81. The molecule has 0 aliphatic rings. The van der Waals surface area contributed by atoms with Gasteiger partial charge in [-0.15, -0.1) is 6.58 Å². The first-order valence-electron chi connectivity index (χ1n) is 6.14. The Morgan fingerprint density at radius 1 is 1.32 bits per heavy atom. The molecule has 1 rings (SSSR count). The van der Waals surface area contributed by atoms with Crippen LogP contribution in [0.15, 0.2) is 30.9 Å². The van der Waals surface area contributed by atoms with Gasteiger partial charge < -0.3 is 14.0 Å². The molecule has 0 amide bonds. The average Bonchev–Trinajstić information content (AvgIpc) is 2.29. The van der Waals surface area contributed by atoms with E-state index >= 15 is 0 Å². The summed E-state index contributed by atoms with van der Waals surface area (Å²) < 4.78 is 11.1. The number of carbonyl (C=O) groups excluding carboxylic acids is 1. The predicted octanol–water partition coefficient (Wildman–Crippen LogP) is 2.04. The third-order valence-electron chi connectivity index (χ3n) is 2.44. The molecule has 0 atom stereocenters. The van der Waals surface area contributed by atoms with Crippen LogP contribution in [-0.2, 0) is 11.2 Å². The third-order valence-corrected chi connectivity index (χ3v) is 2.44. The number of hydrogen-bond donors (Lipinski definition) is 0. The average molecular weight is 264 g/mol. The van der Waals surface area contributed by atoms with Crippen molar-refractivity contribution in [2.45, 2.75) is 6.42 Å². The molecule has 0 bridgehead atoms. The number of carbonyl (C=O) groups is 1. The Kier molecular flexibility index (Phi) is 5.12. The standard InChI is InChI=1S/C15H22NO3/c1-6-7-12-8-9-13(14(10-12)18-5)19-15(17)11-16(2,3)4/h6,8-10H,1,7,11H2,2-5H3/q+1. The summed E-state index contributed by atoms with van der Waals surface area (Å²) >= 11 is 0. The minimum absolute atomic E-state index is 0.276. The van der Waals surface area contributed by atoms with Gasteiger partial charge in [-0.1, -0.05) is 12.1 Å². The summed E-state index contributed by atoms with van der Waals surface area (Å²) in [5.74, 6) is 0.741. The van der Waals surface area contributed by atoms with E-state index in [9.17, 15) is 4.79 Å². The van der Waals surface area contributed by atoms with Crippen molar-refractivity contribution in [3.63, 3.8) is 0 Å². The topological polar surface area (TPSA) is 35.5 Å². The van der Waals surface area contributed by atoms with Crippen LogP contribution in [0, 0.1) is 0 Å². The van der Waals surface area contributed by atoms with Gasteiger partial charge in [0, 0.05) is 0 Å². The van der Waals surface area contributed by atoms with Crippen molar-refractivity contribution in [1.29, 1.82) is 0 Å². The number of benzene rings is 1. The summed E-state index contributed by atoms with van der Waals surface area (Å²) in [5.41, 5.74) is 1.07. The number of hydrogen-bond acceptors (Lipinski definition) is 3. The van der Waals surface area contributed by atoms with E-state index in [1.807, 2.05) is 39.4 Å². The molecule has 0 N–H and O–H groups in total. The molecule has 0 saturated carbocycles. The second kappa shape index (κ2) is 6.38. The van der Waals surface area contributed by atoms with Crippen molar-refractivity contribution in [2.75, 3.05) is 34.8 Å². The van der Waals surface area contributed by atoms with Gasteiger partial charge in [0.25, 0.3) is 0 Å². The van der Waals surface area contributed by atoms with E-state index < -0.39 is 0 Å². The van der Waals surface area contributed by atoms with Gasteiger partial charge in [0.2, 0.25) is 0 Å². The van der Waals surface area contributed by atoms with Gasteiger partial charge in [-0.3, -0.25) is 0 Å². The molecule has 0 aliphatic heterocycles. The van der Waals surface area contributed by atoms with Crippen LogP contribution in [0.4, 0.5) is 0 Å². The molecular formula is C15H22NO3+. The summed E-state index contributed by atoms with van der Waals surface area (Å²) in [4.78, 5) is 11.8. The van der Waals surface area contributed by atoms with Crippen LogP contribution in [0.1, 0.15) is 5.56 Å². The molecule has 19 heavy (non-hydrogen) atoms. The summed E-state index contributed by atoms with van der Waals surface area (Å²) in [6, 6.07) is 5.51. The van der Waals surface area contributed by atoms with Gasteiger partial charge in [0.1, 0.15) is 0 Å². The fourth-order valence-electron chi connectivity index (χ4n) is 1.63. The fourth-order valence-corrected chi connectivity index (χ4v) is 1.63. The second-order valence-electron chi connectivity index (χ2n) is 5.40. The molecule has 0 saturated heterocycles. The zero-order valence-electron chi connectivity index (χ0n) is 12.1. The van der Waals surface area contributed by atoms with Crippen molar-refractivity contribution >= 4 is 5.97 Å². The van der Waals surface area contributed by atoms with Crippen molar-refractivity contribution in [2.24, 2.45) is 0 Å². The molecule has 4 nitrogen and oxygen atoms in total. The minimum atomic E-state index is -0.276. The van der Waals surface area contributed by atoms with Crippen LogP contribution in [0.25, 0.3) is 0 Å². The van der Waals surface area contributed by atoms with E-state index in [0.717, 1.165) is 12.0 Å². The monoisotopic (exact) mass is 264 g/mol. The maximum absolute atomic E-state index is 11.8. The van der Waals surface area contributed by atoms with Crippen LogP contribution in [0.3, 0.4) is 0 Å². The fraction of sp³-hybridized carbons (Fsp3) is 0.400. The highest BCUT2D eigenvalue weighted by Gasteiger charge is 2.18. The second-order valence-corrected chi connectivity index (χ2v) is 5.40. The summed E-state index contributed by atoms with van der Waals surface area (Å²) in [5, 5.41) is 0. The highest BCUT2D eigenvalue weighted by atomic mass is 16.6. The largest absolute Gasteiger partial charge is 0.493 e. The lowest BCUT2D eigenvalue weighted by Crippen LogP contribution is -2.41. The number of quaternary nitrogens is 1. The van der Waals surface area contributed by atoms with Crippen molar-refractivity contribution < 1.29 is 18.8 Å². The lowest BCUT2D eigenvalue weighted by atomic mass is 10.1. The number of likely N-dealkylation sites (N-methyl/N-ethyl adjacent to an activating group) is 1. The Morgan fingerprint density at radius 3 is 2.53 bits per heavy atom. The van der Waals surface area contributed by atoms with Gasteiger partial charge in [-0.25, -0.2) is 4.79 Å². The lowest BCUT2D eigenvalue weighted by Gasteiger charge is -2.22. The summed E-state index contributed by atoms with van der Waals surface area (Å²) in [6.45, 7) is 4.00. The Morgan fingerprint density at radius 2 is 2.00 bits per heavy atom. The lowest BCUT2D eigenvalue weighted by molar-refractivity contribution is -0.862. The first-order valence-corrected chi connectivity index (χ1v) is 6.14. The molecule has 0 fully saturated rings. The number of allylic oxidation sites excluding steroid dienone is 1. The molecule has 0 spiro atoms. The zero-order valence-corrected chi connectivity index (χ0v) is 12.1. The highest BCUT2D eigenvalue weighted by molar-refractivity contribution is 5.74. The molecule has 1 aromatic carbocycles. The zero-order chi connectivity index (χ0) is 14.5. The van der Waals surface area contributed by atoms with E-state index in [2.05, 4.69) is 6.58 Å². The number of methoxy groups -OCH3 is 1. The molecule has 1 aromatic rings. The molecule has 0 radical (unpaired) electrons. The van der Waals surface area contributed by atoms with Gasteiger partial charge in [0.15, 0.2) is 18.0 Å². The maximum atomic E-state index is 11.8. The molecule has 4 heteroatoms. The minimum Gasteiger partial charge on any atom is -0.493 e. The first kappa shape index (κ1) is 15.2. The molecule has 0 aromatic heterocycles. The predicted molar refractivity (Wildman–Crippen MR) is 75.4 cm³/mol. The normalized spacial score (nSPS) is 10.9. The van der Waals surface area contributed by atoms with Crippen LogP contribution in [-0.4, -0.2) is 45.2 Å². The third kappa shape index (κ3) is 5.14. The Labute approximate surface area is 114 Å². The molecule has 0 heterocycles. The Balaban J connectivity index is 2.83. The highest BCUT2D eigenvalue weighted by Crippen LogP contribution is 2.28. The molecular weight excluding hydrogens is 242 g/mol. The summed E-state index contributed by atoms with van der Waals surface area (Å²) in [7, 11) is 7.37. The number of esters is 1. The molecule has 104 valence electrons. The number of ether oxygens (including phenoxy) is 2. The number of nitrogens with zero attached hydrogens (tertiary/aromatic N) is 1. The van der Waals surface area contributed by atoms with Gasteiger partial charge in [-0.05, 0) is 24.1 Å². The van der Waals surface area contributed by atoms with E-state index in [1.165, 1.54) is 0 Å². The maximum Gasteiger partial charge on any atom is 0.367 e. The van der Waals surface area contributed by atoms with Gasteiger partial charge in [0.05, 0.1) is 28.3 Å². The van der Waals surface area contributed by atoms with Crippen LogP contribution in [0.2, 0.25) is 0 Å². The van der Waals surface area contributed by atoms with Crippen LogP contribution >= 0.6 is 0 Å². The van der Waals surface area contributed by atoms with Gasteiger partial charge >= 0.3 is 5.97 Å².